The number of halogens is 1. The zero-order chi connectivity index (χ0) is 6.69. The number of rotatable bonds is 2. The zero-order valence-corrected chi connectivity index (χ0v) is 7.45. The fourth-order valence-corrected chi connectivity index (χ4v) is 1.49. The number of nitrogens with two attached hydrogens (primary N) is 1. The normalized spacial score (nSPS) is 12.2. The van der Waals surface area contributed by atoms with Gasteiger partial charge in [0.2, 0.25) is 0 Å². The Bertz CT molecular complexity index is 162. The molecule has 2 N–H and O–H groups in total. The summed E-state index contributed by atoms with van der Waals surface area (Å²) in [6, 6.07) is 4.19. The summed E-state index contributed by atoms with van der Waals surface area (Å²) in [5.74, 6) is 0.532. The molecule has 0 aliphatic carbocycles. The van der Waals surface area contributed by atoms with Crippen LogP contribution < -0.4 is 18.1 Å². The Morgan fingerprint density at radius 1 is 1.70 bits per heavy atom. The van der Waals surface area contributed by atoms with E-state index in [-0.39, 0.29) is 12.4 Å². The van der Waals surface area contributed by atoms with Gasteiger partial charge in [-0.2, -0.15) is 0 Å². The Morgan fingerprint density at radius 3 is 2.80 bits per heavy atom. The minimum atomic E-state index is 0. The maximum absolute atomic E-state index is 5.47. The highest BCUT2D eigenvalue weighted by atomic mass is 35.5. The van der Waals surface area contributed by atoms with E-state index in [1.807, 2.05) is 0 Å². The number of hydrogen-bond acceptors (Lipinski definition) is 2. The SMILES string of the molecule is CC(CN)c1cccs1.[Cl-]. The van der Waals surface area contributed by atoms with Crippen molar-refractivity contribution in [2.24, 2.45) is 5.73 Å². The average molecular weight is 177 g/mol. The molecule has 1 aromatic rings. The van der Waals surface area contributed by atoms with Gasteiger partial charge >= 0.3 is 0 Å². The van der Waals surface area contributed by atoms with E-state index in [2.05, 4.69) is 24.4 Å². The molecule has 0 saturated carbocycles. The van der Waals surface area contributed by atoms with Crippen molar-refractivity contribution in [2.75, 3.05) is 6.54 Å². The van der Waals surface area contributed by atoms with Crippen LogP contribution >= 0.6 is 11.3 Å². The van der Waals surface area contributed by atoms with E-state index >= 15 is 0 Å². The van der Waals surface area contributed by atoms with E-state index in [0.717, 1.165) is 6.54 Å². The van der Waals surface area contributed by atoms with E-state index < -0.39 is 0 Å². The van der Waals surface area contributed by atoms with Gasteiger partial charge in [-0.3, -0.25) is 0 Å². The van der Waals surface area contributed by atoms with Gasteiger partial charge in [-0.1, -0.05) is 13.0 Å². The van der Waals surface area contributed by atoms with Crippen LogP contribution in [0.4, 0.5) is 0 Å². The van der Waals surface area contributed by atoms with Crippen LogP contribution in [0.1, 0.15) is 17.7 Å². The third kappa shape index (κ3) is 2.29. The molecular formula is C7H11ClNS-. The van der Waals surface area contributed by atoms with E-state index in [0.29, 0.717) is 5.92 Å². The summed E-state index contributed by atoms with van der Waals surface area (Å²) in [4.78, 5) is 1.39. The van der Waals surface area contributed by atoms with Crippen molar-refractivity contribution in [1.29, 1.82) is 0 Å². The Balaban J connectivity index is 0.000000810. The summed E-state index contributed by atoms with van der Waals surface area (Å²) < 4.78 is 0. The van der Waals surface area contributed by atoms with Crippen molar-refractivity contribution >= 4 is 11.3 Å². The molecular weight excluding hydrogens is 166 g/mol. The zero-order valence-electron chi connectivity index (χ0n) is 5.88. The fraction of sp³-hybridized carbons (Fsp3) is 0.429. The molecule has 10 heavy (non-hydrogen) atoms. The molecule has 0 fully saturated rings. The Morgan fingerprint density at radius 2 is 2.40 bits per heavy atom. The minimum absolute atomic E-state index is 0. The predicted molar refractivity (Wildman–Crippen MR) is 41.8 cm³/mol. The topological polar surface area (TPSA) is 26.0 Å². The lowest BCUT2D eigenvalue weighted by atomic mass is 10.1. The molecule has 1 aromatic heterocycles. The lowest BCUT2D eigenvalue weighted by Gasteiger charge is -2.02. The van der Waals surface area contributed by atoms with Crippen LogP contribution in [0.2, 0.25) is 0 Å². The van der Waals surface area contributed by atoms with Gasteiger partial charge in [0.15, 0.2) is 0 Å². The molecule has 3 heteroatoms. The highest BCUT2D eigenvalue weighted by molar-refractivity contribution is 7.10. The Kier molecular flexibility index (Phi) is 4.69. The lowest BCUT2D eigenvalue weighted by molar-refractivity contribution is -0.00000192. The average Bonchev–Trinajstić information content (AvgIpc) is 2.37. The molecule has 1 atom stereocenters. The first kappa shape index (κ1) is 9.95. The molecule has 0 spiro atoms. The smallest absolute Gasteiger partial charge is 0.00860 e. The molecule has 1 unspecified atom stereocenters. The van der Waals surface area contributed by atoms with E-state index in [9.17, 15) is 0 Å². The van der Waals surface area contributed by atoms with Crippen LogP contribution in [0.15, 0.2) is 17.5 Å². The molecule has 1 rings (SSSR count). The third-order valence-corrected chi connectivity index (χ3v) is 2.49. The summed E-state index contributed by atoms with van der Waals surface area (Å²) in [6.07, 6.45) is 0. The fourth-order valence-electron chi connectivity index (χ4n) is 0.688. The van der Waals surface area contributed by atoms with Crippen molar-refractivity contribution in [1.82, 2.24) is 0 Å². The van der Waals surface area contributed by atoms with Crippen molar-refractivity contribution in [2.45, 2.75) is 12.8 Å². The predicted octanol–water partition coefficient (Wildman–Crippen LogP) is -1.19. The molecule has 0 aliphatic heterocycles. The molecule has 0 aliphatic rings. The molecule has 0 amide bonds. The largest absolute Gasteiger partial charge is 1.00 e. The van der Waals surface area contributed by atoms with Crippen molar-refractivity contribution < 1.29 is 12.4 Å². The molecule has 0 bridgehead atoms. The van der Waals surface area contributed by atoms with Crippen LogP contribution in [-0.4, -0.2) is 6.54 Å². The first-order valence-corrected chi connectivity index (χ1v) is 3.96. The molecule has 0 saturated heterocycles. The maximum Gasteiger partial charge on any atom is 0.00860 e. The van der Waals surface area contributed by atoms with Gasteiger partial charge in [0.1, 0.15) is 0 Å². The van der Waals surface area contributed by atoms with Crippen LogP contribution in [0.5, 0.6) is 0 Å². The summed E-state index contributed by atoms with van der Waals surface area (Å²) in [6.45, 7) is 2.90. The lowest BCUT2D eigenvalue weighted by Crippen LogP contribution is -3.00. The first-order valence-electron chi connectivity index (χ1n) is 3.08. The van der Waals surface area contributed by atoms with E-state index in [1.54, 1.807) is 11.3 Å². The van der Waals surface area contributed by atoms with Crippen LogP contribution in [0.3, 0.4) is 0 Å². The monoisotopic (exact) mass is 176 g/mol. The van der Waals surface area contributed by atoms with Gasteiger partial charge in [-0.05, 0) is 18.0 Å². The second-order valence-corrected chi connectivity index (χ2v) is 3.13. The summed E-state index contributed by atoms with van der Waals surface area (Å²) in [7, 11) is 0. The Hall–Kier alpha value is -0.0500. The molecule has 0 aromatic carbocycles. The van der Waals surface area contributed by atoms with E-state index in [4.69, 9.17) is 5.73 Å². The quantitative estimate of drug-likeness (QED) is 0.603. The van der Waals surface area contributed by atoms with Crippen molar-refractivity contribution in [3.8, 4) is 0 Å². The van der Waals surface area contributed by atoms with Gasteiger partial charge in [-0.15, -0.1) is 11.3 Å². The Labute approximate surface area is 71.7 Å². The molecule has 58 valence electrons. The van der Waals surface area contributed by atoms with Crippen LogP contribution in [0.25, 0.3) is 0 Å². The van der Waals surface area contributed by atoms with Gasteiger partial charge in [0, 0.05) is 10.8 Å². The molecule has 1 nitrogen and oxygen atoms in total. The van der Waals surface area contributed by atoms with Crippen molar-refractivity contribution in [3.63, 3.8) is 0 Å². The molecule has 0 radical (unpaired) electrons. The second kappa shape index (κ2) is 4.72. The summed E-state index contributed by atoms with van der Waals surface area (Å²) in [5.41, 5.74) is 5.47. The van der Waals surface area contributed by atoms with Gasteiger partial charge in [-0.25, -0.2) is 0 Å². The maximum atomic E-state index is 5.47. The summed E-state index contributed by atoms with van der Waals surface area (Å²) >= 11 is 1.78. The van der Waals surface area contributed by atoms with E-state index in [1.165, 1.54) is 4.88 Å². The van der Waals surface area contributed by atoms with Gasteiger partial charge < -0.3 is 18.1 Å². The van der Waals surface area contributed by atoms with Crippen molar-refractivity contribution in [3.05, 3.63) is 22.4 Å². The van der Waals surface area contributed by atoms with Crippen LogP contribution in [-0.2, 0) is 0 Å². The minimum Gasteiger partial charge on any atom is -1.00 e. The first-order chi connectivity index (χ1) is 4.34. The number of hydrogen-bond donors (Lipinski definition) is 1. The highest BCUT2D eigenvalue weighted by Crippen LogP contribution is 2.18. The molecule has 1 heterocycles. The van der Waals surface area contributed by atoms with Gasteiger partial charge in [0.05, 0.1) is 0 Å². The second-order valence-electron chi connectivity index (χ2n) is 2.15. The highest BCUT2D eigenvalue weighted by Gasteiger charge is 2.01. The number of thiophene rings is 1. The van der Waals surface area contributed by atoms with Gasteiger partial charge in [0.25, 0.3) is 0 Å². The summed E-state index contributed by atoms with van der Waals surface area (Å²) in [5, 5.41) is 2.08. The van der Waals surface area contributed by atoms with Crippen LogP contribution in [0, 0.1) is 0 Å². The third-order valence-electron chi connectivity index (χ3n) is 1.38. The standard InChI is InChI=1S/C7H11NS.ClH/c1-6(5-8)7-3-2-4-9-7;/h2-4,6H,5,8H2,1H3;1H/p-1.